The van der Waals surface area contributed by atoms with Gasteiger partial charge in [-0.2, -0.15) is 0 Å². The molecule has 0 amide bonds. The summed E-state index contributed by atoms with van der Waals surface area (Å²) in [6.07, 6.45) is 3.09. The molecule has 0 spiro atoms. The summed E-state index contributed by atoms with van der Waals surface area (Å²) in [6.45, 7) is 0. The Morgan fingerprint density at radius 1 is 0.789 bits per heavy atom. The Morgan fingerprint density at radius 3 is 1.53 bits per heavy atom. The zero-order valence-electron chi connectivity index (χ0n) is 9.46. The Morgan fingerprint density at radius 2 is 1.21 bits per heavy atom. The van der Waals surface area contributed by atoms with Crippen LogP contribution < -0.4 is 0 Å². The molecule has 104 valence electrons. The van der Waals surface area contributed by atoms with Gasteiger partial charge >= 0.3 is 107 Å². The average molecular weight is 480 g/mol. The Hall–Kier alpha value is -1.09. The number of halogens is 2. The molecule has 0 unspecified atom stereocenters. The molecule has 0 aromatic carbocycles. The average Bonchev–Trinajstić information content (AvgIpc) is 2.40. The number of aromatic nitrogens is 2. The van der Waals surface area contributed by atoms with Crippen LogP contribution in [0.4, 0.5) is 0 Å². The molecule has 0 aliphatic heterocycles. The summed E-state index contributed by atoms with van der Waals surface area (Å²) >= 11 is -1.27. The summed E-state index contributed by atoms with van der Waals surface area (Å²) in [4.78, 5) is 31.4. The first-order valence-corrected chi connectivity index (χ1v) is 7.04. The van der Waals surface area contributed by atoms with Gasteiger partial charge in [-0.3, -0.25) is 0 Å². The van der Waals surface area contributed by atoms with Gasteiger partial charge in [-0.15, -0.1) is 24.8 Å². The molecular formula is C12H10Cl2N2O2Pt. The van der Waals surface area contributed by atoms with E-state index in [0.29, 0.717) is 11.4 Å². The number of hydrogen-bond acceptors (Lipinski definition) is 4. The van der Waals surface area contributed by atoms with Crippen LogP contribution in [0.2, 0.25) is 0 Å². The normalized spacial score (nSPS) is 9.05. The van der Waals surface area contributed by atoms with Crippen LogP contribution >= 0.6 is 24.8 Å². The van der Waals surface area contributed by atoms with Gasteiger partial charge in [-0.1, -0.05) is 0 Å². The van der Waals surface area contributed by atoms with Gasteiger partial charge < -0.3 is 0 Å². The first kappa shape index (κ1) is 17.9. The minimum absolute atomic E-state index is 0. The standard InChI is InChI=1S/2C6H4NO.2ClH.Pt/c2*8-5-6-3-1-2-4-7-6;;;/h2*1-4H;2*1H;. The molecule has 0 aliphatic rings. The number of rotatable bonds is 4. The van der Waals surface area contributed by atoms with Crippen molar-refractivity contribution in [2.45, 2.75) is 0 Å². The number of nitrogens with zero attached hydrogens (tertiary/aromatic N) is 2. The maximum atomic E-state index is 11.8. The summed E-state index contributed by atoms with van der Waals surface area (Å²) in [5.41, 5.74) is 0.704. The molecule has 0 fully saturated rings. The van der Waals surface area contributed by atoms with Gasteiger partial charge in [0.25, 0.3) is 0 Å². The second-order valence-electron chi connectivity index (χ2n) is 3.00. The molecule has 0 saturated carbocycles. The molecule has 7 heteroatoms. The fraction of sp³-hybridized carbons (Fsp3) is 0. The molecule has 2 rings (SSSR count). The summed E-state index contributed by atoms with van der Waals surface area (Å²) in [5, 5.41) is 0. The number of hydrogen-bond donors (Lipinski definition) is 0. The van der Waals surface area contributed by atoms with Crippen LogP contribution in [0.1, 0.15) is 21.0 Å². The van der Waals surface area contributed by atoms with Crippen molar-refractivity contribution in [3.05, 3.63) is 60.2 Å². The molecule has 0 bridgehead atoms. The van der Waals surface area contributed by atoms with E-state index in [-0.39, 0.29) is 33.2 Å². The van der Waals surface area contributed by atoms with Crippen LogP contribution in [0.3, 0.4) is 0 Å². The van der Waals surface area contributed by atoms with Crippen LogP contribution in [-0.4, -0.2) is 18.3 Å². The molecule has 2 aromatic heterocycles. The summed E-state index contributed by atoms with van der Waals surface area (Å²) < 4.78 is -0.359. The third kappa shape index (κ3) is 5.19. The minimum atomic E-state index is -1.27. The Bertz CT molecular complexity index is 488. The van der Waals surface area contributed by atoms with Crippen LogP contribution in [0, 0.1) is 0 Å². The van der Waals surface area contributed by atoms with Gasteiger partial charge in [0.15, 0.2) is 0 Å². The quantitative estimate of drug-likeness (QED) is 0.675. The van der Waals surface area contributed by atoms with E-state index >= 15 is 0 Å². The van der Waals surface area contributed by atoms with Gasteiger partial charge in [-0.25, -0.2) is 0 Å². The van der Waals surface area contributed by atoms with Crippen molar-refractivity contribution < 1.29 is 28.2 Å². The van der Waals surface area contributed by atoms with Crippen molar-refractivity contribution in [2.24, 2.45) is 0 Å². The summed E-state index contributed by atoms with van der Waals surface area (Å²) in [7, 11) is 0. The molecule has 2 aromatic rings. The predicted octanol–water partition coefficient (Wildman–Crippen LogP) is 2.38. The Labute approximate surface area is 131 Å². The first-order valence-electron chi connectivity index (χ1n) is 4.77. The van der Waals surface area contributed by atoms with Gasteiger partial charge in [0.1, 0.15) is 0 Å². The SMILES string of the molecule is Cl.Cl.O=[C]([Pt][C](=O)c1ccccn1)c1ccccn1. The van der Waals surface area contributed by atoms with Crippen molar-refractivity contribution in [3.63, 3.8) is 0 Å². The summed E-state index contributed by atoms with van der Waals surface area (Å²) in [5.74, 6) is 0. The number of carbonyl (C=O) groups excluding carboxylic acids is 2. The van der Waals surface area contributed by atoms with Crippen LogP contribution in [0.5, 0.6) is 0 Å². The van der Waals surface area contributed by atoms with Gasteiger partial charge in [0, 0.05) is 0 Å². The maximum absolute atomic E-state index is 11.8. The molecule has 0 saturated heterocycles. The zero-order chi connectivity index (χ0) is 12.1. The Balaban J connectivity index is 0.00000162. The van der Waals surface area contributed by atoms with E-state index in [4.69, 9.17) is 0 Å². The van der Waals surface area contributed by atoms with E-state index in [1.165, 1.54) is 0 Å². The zero-order valence-corrected chi connectivity index (χ0v) is 13.4. The van der Waals surface area contributed by atoms with Crippen LogP contribution in [0.25, 0.3) is 0 Å². The molecule has 0 aliphatic carbocycles. The monoisotopic (exact) mass is 479 g/mol. The third-order valence-corrected chi connectivity index (χ3v) is 4.04. The summed E-state index contributed by atoms with van der Waals surface area (Å²) in [6, 6.07) is 10.2. The van der Waals surface area contributed by atoms with Crippen LogP contribution in [0.15, 0.2) is 48.8 Å². The van der Waals surface area contributed by atoms with E-state index in [0.717, 1.165) is 0 Å². The molecule has 4 nitrogen and oxygen atoms in total. The number of pyridine rings is 2. The fourth-order valence-corrected chi connectivity index (χ4v) is 2.81. The van der Waals surface area contributed by atoms with Gasteiger partial charge in [0.05, 0.1) is 0 Å². The molecule has 2 heterocycles. The Kier molecular flexibility index (Phi) is 8.40. The van der Waals surface area contributed by atoms with Crippen LogP contribution in [-0.2, 0) is 18.6 Å². The third-order valence-electron chi connectivity index (χ3n) is 1.84. The molecule has 0 atom stereocenters. The van der Waals surface area contributed by atoms with Crippen molar-refractivity contribution in [1.29, 1.82) is 0 Å². The number of carbonyl (C=O) groups is 2. The second-order valence-corrected chi connectivity index (χ2v) is 5.63. The van der Waals surface area contributed by atoms with Crippen molar-refractivity contribution in [3.8, 4) is 0 Å². The predicted molar refractivity (Wildman–Crippen MR) is 71.6 cm³/mol. The van der Waals surface area contributed by atoms with Crippen molar-refractivity contribution >= 4 is 33.2 Å². The van der Waals surface area contributed by atoms with Gasteiger partial charge in [-0.05, 0) is 0 Å². The molecular weight excluding hydrogens is 470 g/mol. The molecule has 19 heavy (non-hydrogen) atoms. The fourth-order valence-electron chi connectivity index (χ4n) is 1.09. The van der Waals surface area contributed by atoms with E-state index < -0.39 is 18.6 Å². The first-order chi connectivity index (χ1) is 8.27. The second kappa shape index (κ2) is 8.92. The van der Waals surface area contributed by atoms with E-state index in [9.17, 15) is 9.59 Å². The molecule has 0 radical (unpaired) electrons. The van der Waals surface area contributed by atoms with E-state index in [1.54, 1.807) is 48.8 Å². The van der Waals surface area contributed by atoms with Gasteiger partial charge in [0.2, 0.25) is 0 Å². The van der Waals surface area contributed by atoms with Crippen molar-refractivity contribution in [2.75, 3.05) is 0 Å². The van der Waals surface area contributed by atoms with E-state index in [2.05, 4.69) is 9.97 Å². The van der Waals surface area contributed by atoms with E-state index in [1.807, 2.05) is 0 Å². The topological polar surface area (TPSA) is 59.9 Å². The van der Waals surface area contributed by atoms with Crippen molar-refractivity contribution in [1.82, 2.24) is 9.97 Å². The molecule has 0 N–H and O–H groups in total.